The lowest BCUT2D eigenvalue weighted by Crippen LogP contribution is -2.62. The highest BCUT2D eigenvalue weighted by Gasteiger charge is 2.45. The van der Waals surface area contributed by atoms with Gasteiger partial charge in [-0.25, -0.2) is 9.97 Å². The zero-order valence-corrected chi connectivity index (χ0v) is 21.1. The summed E-state index contributed by atoms with van der Waals surface area (Å²) in [5.41, 5.74) is 9.08. The molecule has 0 saturated heterocycles. The second kappa shape index (κ2) is 8.71. The van der Waals surface area contributed by atoms with E-state index in [2.05, 4.69) is 131 Å². The first kappa shape index (κ1) is 21.9. The summed E-state index contributed by atoms with van der Waals surface area (Å²) in [5.74, 6) is 2.55. The third-order valence-electron chi connectivity index (χ3n) is 7.66. The highest BCUT2D eigenvalue weighted by molar-refractivity contribution is 7.00. The Labute approximate surface area is 227 Å². The van der Waals surface area contributed by atoms with Crippen molar-refractivity contribution in [1.29, 1.82) is 0 Å². The fourth-order valence-corrected chi connectivity index (χ4v) is 6.02. The van der Waals surface area contributed by atoms with Crippen molar-refractivity contribution >= 4 is 57.5 Å². The molecule has 1 aromatic heterocycles. The summed E-state index contributed by atoms with van der Waals surface area (Å²) in [6.45, 7) is 0.0205. The topological polar surface area (TPSA) is 32.3 Å². The third kappa shape index (κ3) is 3.33. The van der Waals surface area contributed by atoms with E-state index in [0.29, 0.717) is 5.82 Å². The van der Waals surface area contributed by atoms with E-state index in [-0.39, 0.29) is 6.71 Å². The number of fused-ring (bicyclic) bond motifs is 4. The van der Waals surface area contributed by atoms with E-state index in [1.807, 2.05) is 18.2 Å². The molecule has 0 spiro atoms. The lowest BCUT2D eigenvalue weighted by atomic mass is 9.34. The van der Waals surface area contributed by atoms with Crippen LogP contribution in [0.15, 0.2) is 140 Å². The van der Waals surface area contributed by atoms with Gasteiger partial charge in [0.15, 0.2) is 5.82 Å². The Hall–Kier alpha value is -5.16. The predicted molar refractivity (Wildman–Crippen MR) is 161 cm³/mol. The molecule has 39 heavy (non-hydrogen) atoms. The summed E-state index contributed by atoms with van der Waals surface area (Å²) in [6, 6.07) is 48.8. The molecule has 4 nitrogen and oxygen atoms in total. The van der Waals surface area contributed by atoms with Crippen molar-refractivity contribution in [2.24, 2.45) is 0 Å². The molecule has 2 aliphatic rings. The summed E-state index contributed by atoms with van der Waals surface area (Å²) < 4.78 is 0. The van der Waals surface area contributed by atoms with Gasteiger partial charge in [0.25, 0.3) is 6.71 Å². The van der Waals surface area contributed by atoms with Gasteiger partial charge in [0, 0.05) is 33.8 Å². The van der Waals surface area contributed by atoms with Crippen molar-refractivity contribution in [3.63, 3.8) is 0 Å². The summed E-state index contributed by atoms with van der Waals surface area (Å²) in [6.07, 6.45) is 0. The molecule has 0 aliphatic carbocycles. The third-order valence-corrected chi connectivity index (χ3v) is 7.66. The second-order valence-corrected chi connectivity index (χ2v) is 9.87. The first-order chi connectivity index (χ1) is 19.4. The van der Waals surface area contributed by atoms with Gasteiger partial charge in [0.1, 0.15) is 11.6 Å². The van der Waals surface area contributed by atoms with Gasteiger partial charge < -0.3 is 0 Å². The average Bonchev–Trinajstić information content (AvgIpc) is 3.02. The van der Waals surface area contributed by atoms with Crippen molar-refractivity contribution in [2.45, 2.75) is 0 Å². The molecule has 3 heterocycles. The molecule has 0 bridgehead atoms. The van der Waals surface area contributed by atoms with Crippen LogP contribution in [0, 0.1) is 0 Å². The Balaban J connectivity index is 1.51. The van der Waals surface area contributed by atoms with Crippen LogP contribution in [0.1, 0.15) is 0 Å². The van der Waals surface area contributed by atoms with Gasteiger partial charge in [-0.2, -0.15) is 0 Å². The predicted octanol–water partition coefficient (Wildman–Crippen LogP) is 6.23. The number of hydrogen-bond donors (Lipinski definition) is 0. The van der Waals surface area contributed by atoms with Crippen LogP contribution in [-0.2, 0) is 0 Å². The lowest BCUT2D eigenvalue weighted by Gasteiger charge is -2.42. The normalized spacial score (nSPS) is 13.0. The van der Waals surface area contributed by atoms with Gasteiger partial charge >= 0.3 is 0 Å². The lowest BCUT2D eigenvalue weighted by molar-refractivity contribution is 1.10. The summed E-state index contributed by atoms with van der Waals surface area (Å²) in [7, 11) is 0. The van der Waals surface area contributed by atoms with Crippen molar-refractivity contribution in [3.8, 4) is 11.4 Å². The molecule has 5 heteroatoms. The molecule has 5 aromatic carbocycles. The van der Waals surface area contributed by atoms with E-state index in [9.17, 15) is 0 Å². The SMILES string of the molecule is c1ccc(-c2nc3c4c(n2)N(c2ccccc2)c2ccccc2B4c2ccccc2N3c2ccccc2)cc1. The maximum atomic E-state index is 5.32. The molecule has 0 amide bonds. The molecule has 0 saturated carbocycles. The van der Waals surface area contributed by atoms with Crippen molar-refractivity contribution in [1.82, 2.24) is 9.97 Å². The van der Waals surface area contributed by atoms with Gasteiger partial charge in [-0.3, -0.25) is 9.80 Å². The maximum absolute atomic E-state index is 5.32. The van der Waals surface area contributed by atoms with Crippen LogP contribution in [0.5, 0.6) is 0 Å². The van der Waals surface area contributed by atoms with E-state index >= 15 is 0 Å². The summed E-state index contributed by atoms with van der Waals surface area (Å²) in [5, 5.41) is 0. The zero-order chi connectivity index (χ0) is 25.8. The Morgan fingerprint density at radius 3 is 1.33 bits per heavy atom. The van der Waals surface area contributed by atoms with Crippen LogP contribution in [0.3, 0.4) is 0 Å². The van der Waals surface area contributed by atoms with Crippen molar-refractivity contribution in [2.75, 3.05) is 9.80 Å². The number of anilines is 6. The molecule has 6 aromatic rings. The van der Waals surface area contributed by atoms with E-state index < -0.39 is 0 Å². The average molecular weight is 498 g/mol. The minimum Gasteiger partial charge on any atom is -0.296 e. The number of nitrogens with zero attached hydrogens (tertiary/aromatic N) is 4. The molecule has 0 radical (unpaired) electrons. The molecule has 0 N–H and O–H groups in total. The number of rotatable bonds is 3. The summed E-state index contributed by atoms with van der Waals surface area (Å²) in [4.78, 5) is 15.2. The second-order valence-electron chi connectivity index (χ2n) is 9.87. The maximum Gasteiger partial charge on any atom is 0.256 e. The van der Waals surface area contributed by atoms with Gasteiger partial charge in [0.2, 0.25) is 0 Å². The van der Waals surface area contributed by atoms with Crippen LogP contribution < -0.4 is 26.2 Å². The Kier molecular flexibility index (Phi) is 4.89. The van der Waals surface area contributed by atoms with Gasteiger partial charge in [0.05, 0.1) is 0 Å². The smallest absolute Gasteiger partial charge is 0.256 e. The molecule has 0 atom stereocenters. The van der Waals surface area contributed by atoms with Crippen LogP contribution in [0.2, 0.25) is 0 Å². The molecule has 182 valence electrons. The first-order valence-electron chi connectivity index (χ1n) is 13.2. The van der Waals surface area contributed by atoms with Crippen molar-refractivity contribution < 1.29 is 0 Å². The molecule has 2 aliphatic heterocycles. The van der Waals surface area contributed by atoms with E-state index in [1.54, 1.807) is 0 Å². The molecule has 0 unspecified atom stereocenters. The minimum absolute atomic E-state index is 0.0205. The number of para-hydroxylation sites is 4. The quantitative estimate of drug-likeness (QED) is 0.271. The van der Waals surface area contributed by atoms with Gasteiger partial charge in [-0.05, 0) is 47.3 Å². The zero-order valence-electron chi connectivity index (χ0n) is 21.1. The highest BCUT2D eigenvalue weighted by atomic mass is 15.3. The highest BCUT2D eigenvalue weighted by Crippen LogP contribution is 2.42. The largest absolute Gasteiger partial charge is 0.296 e. The fourth-order valence-electron chi connectivity index (χ4n) is 6.02. The van der Waals surface area contributed by atoms with Crippen LogP contribution in [-0.4, -0.2) is 16.7 Å². The Morgan fingerprint density at radius 1 is 0.436 bits per heavy atom. The molecule has 0 fully saturated rings. The number of aromatic nitrogens is 2. The first-order valence-corrected chi connectivity index (χ1v) is 13.2. The van der Waals surface area contributed by atoms with Crippen LogP contribution >= 0.6 is 0 Å². The standard InChI is InChI=1S/C34H23BN4/c1-4-14-24(15-5-1)32-36-33-31-34(37-32)39(26-18-8-3-9-19-26)30-23-13-11-21-28(30)35(31)27-20-10-12-22-29(27)38(33)25-16-6-2-7-17-25/h1-23H. The minimum atomic E-state index is 0.0205. The van der Waals surface area contributed by atoms with E-state index in [4.69, 9.17) is 9.97 Å². The van der Waals surface area contributed by atoms with E-state index in [0.717, 1.165) is 45.4 Å². The van der Waals surface area contributed by atoms with Gasteiger partial charge in [-0.15, -0.1) is 0 Å². The van der Waals surface area contributed by atoms with Gasteiger partial charge in [-0.1, -0.05) is 103 Å². The Bertz CT molecular complexity index is 1710. The number of benzene rings is 5. The van der Waals surface area contributed by atoms with Crippen LogP contribution in [0.25, 0.3) is 11.4 Å². The van der Waals surface area contributed by atoms with E-state index in [1.165, 1.54) is 10.9 Å². The fraction of sp³-hybridized carbons (Fsp3) is 0. The van der Waals surface area contributed by atoms with Crippen molar-refractivity contribution in [3.05, 3.63) is 140 Å². The molecular weight excluding hydrogens is 475 g/mol. The Morgan fingerprint density at radius 2 is 0.846 bits per heavy atom. The van der Waals surface area contributed by atoms with Crippen LogP contribution in [0.4, 0.5) is 34.4 Å². The number of hydrogen-bond acceptors (Lipinski definition) is 4. The summed E-state index contributed by atoms with van der Waals surface area (Å²) >= 11 is 0. The molecular formula is C34H23BN4. The monoisotopic (exact) mass is 498 g/mol. The molecule has 8 rings (SSSR count).